The summed E-state index contributed by atoms with van der Waals surface area (Å²) in [5.41, 5.74) is 1.08. The summed E-state index contributed by atoms with van der Waals surface area (Å²) in [6, 6.07) is 9.80. The fraction of sp³-hybridized carbons (Fsp3) is 0.467. The largest absolute Gasteiger partial charge is 0.481 e. The summed E-state index contributed by atoms with van der Waals surface area (Å²) >= 11 is 0. The highest BCUT2D eigenvalue weighted by Crippen LogP contribution is 2.31. The third-order valence-electron chi connectivity index (χ3n) is 3.75. The van der Waals surface area contributed by atoms with Gasteiger partial charge in [0, 0.05) is 19.0 Å². The van der Waals surface area contributed by atoms with Crippen molar-refractivity contribution in [2.75, 3.05) is 6.54 Å². The van der Waals surface area contributed by atoms with Crippen molar-refractivity contribution in [2.24, 2.45) is 11.8 Å². The van der Waals surface area contributed by atoms with E-state index in [4.69, 9.17) is 5.11 Å². The van der Waals surface area contributed by atoms with Crippen molar-refractivity contribution in [3.05, 3.63) is 35.9 Å². The quantitative estimate of drug-likeness (QED) is 0.883. The van der Waals surface area contributed by atoms with Gasteiger partial charge in [-0.25, -0.2) is 0 Å². The Morgan fingerprint density at radius 3 is 2.63 bits per heavy atom. The number of nitrogens with zero attached hydrogens (tertiary/aromatic N) is 1. The Kier molecular flexibility index (Phi) is 4.20. The third-order valence-corrected chi connectivity index (χ3v) is 3.75. The summed E-state index contributed by atoms with van der Waals surface area (Å²) in [4.78, 5) is 24.9. The van der Waals surface area contributed by atoms with E-state index in [1.807, 2.05) is 37.3 Å². The van der Waals surface area contributed by atoms with Crippen LogP contribution < -0.4 is 0 Å². The number of carboxylic acid groups (broad SMARTS) is 1. The van der Waals surface area contributed by atoms with Gasteiger partial charge < -0.3 is 10.0 Å². The second kappa shape index (κ2) is 5.87. The van der Waals surface area contributed by atoms with Crippen LogP contribution >= 0.6 is 0 Å². The molecule has 19 heavy (non-hydrogen) atoms. The molecule has 2 atom stereocenters. The van der Waals surface area contributed by atoms with E-state index in [1.54, 1.807) is 4.90 Å². The molecule has 1 fully saturated rings. The lowest BCUT2D eigenvalue weighted by Crippen LogP contribution is -2.26. The lowest BCUT2D eigenvalue weighted by atomic mass is 9.90. The van der Waals surface area contributed by atoms with Crippen LogP contribution in [0.5, 0.6) is 0 Å². The Morgan fingerprint density at radius 2 is 2.05 bits per heavy atom. The first-order valence-electron chi connectivity index (χ1n) is 6.66. The molecule has 0 aromatic heterocycles. The minimum atomic E-state index is -0.821. The summed E-state index contributed by atoms with van der Waals surface area (Å²) in [5, 5.41) is 8.92. The van der Waals surface area contributed by atoms with E-state index in [0.717, 1.165) is 5.56 Å². The summed E-state index contributed by atoms with van der Waals surface area (Å²) in [6.45, 7) is 3.08. The summed E-state index contributed by atoms with van der Waals surface area (Å²) < 4.78 is 0. The Hall–Kier alpha value is -1.84. The van der Waals surface area contributed by atoms with Crippen molar-refractivity contribution in [1.82, 2.24) is 4.90 Å². The molecule has 1 saturated heterocycles. The monoisotopic (exact) mass is 261 g/mol. The number of carboxylic acids is 1. The van der Waals surface area contributed by atoms with Crippen molar-refractivity contribution in [2.45, 2.75) is 26.3 Å². The molecule has 4 nitrogen and oxygen atoms in total. The zero-order valence-corrected chi connectivity index (χ0v) is 11.1. The maximum atomic E-state index is 12.3. The molecule has 1 aliphatic rings. The normalized spacial score (nSPS) is 22.8. The maximum Gasteiger partial charge on any atom is 0.303 e. The zero-order valence-electron chi connectivity index (χ0n) is 11.1. The van der Waals surface area contributed by atoms with Crippen LogP contribution in [-0.2, 0) is 16.1 Å². The third kappa shape index (κ3) is 3.13. The first-order chi connectivity index (χ1) is 9.11. The van der Waals surface area contributed by atoms with Gasteiger partial charge in [-0.2, -0.15) is 0 Å². The van der Waals surface area contributed by atoms with Gasteiger partial charge in [-0.3, -0.25) is 9.59 Å². The van der Waals surface area contributed by atoms with Crippen molar-refractivity contribution >= 4 is 11.9 Å². The van der Waals surface area contributed by atoms with Gasteiger partial charge >= 0.3 is 5.97 Å². The fourth-order valence-corrected chi connectivity index (χ4v) is 2.82. The average Bonchev–Trinajstić information content (AvgIpc) is 2.66. The minimum absolute atomic E-state index is 0.0567. The van der Waals surface area contributed by atoms with Gasteiger partial charge in [-0.15, -0.1) is 0 Å². The summed E-state index contributed by atoms with van der Waals surface area (Å²) in [7, 11) is 0. The highest BCUT2D eigenvalue weighted by molar-refractivity contribution is 5.82. The zero-order chi connectivity index (χ0) is 13.8. The first-order valence-corrected chi connectivity index (χ1v) is 6.66. The van der Waals surface area contributed by atoms with Gasteiger partial charge in [0.25, 0.3) is 0 Å². The lowest BCUT2D eigenvalue weighted by molar-refractivity contribution is -0.138. The van der Waals surface area contributed by atoms with Crippen LogP contribution in [0.25, 0.3) is 0 Å². The number of carbonyl (C=O) groups excluding carboxylic acids is 1. The molecule has 4 heteroatoms. The maximum absolute atomic E-state index is 12.3. The highest BCUT2D eigenvalue weighted by Gasteiger charge is 2.39. The predicted molar refractivity (Wildman–Crippen MR) is 71.4 cm³/mol. The van der Waals surface area contributed by atoms with Crippen molar-refractivity contribution in [3.8, 4) is 0 Å². The molecule has 0 saturated carbocycles. The molecule has 2 rings (SSSR count). The van der Waals surface area contributed by atoms with Gasteiger partial charge in [0.15, 0.2) is 0 Å². The number of rotatable bonds is 5. The molecule has 0 bridgehead atoms. The van der Waals surface area contributed by atoms with Crippen LogP contribution in [0.1, 0.15) is 25.3 Å². The Labute approximate surface area is 113 Å². The van der Waals surface area contributed by atoms with E-state index in [9.17, 15) is 9.59 Å². The number of benzene rings is 1. The molecule has 1 aliphatic heterocycles. The van der Waals surface area contributed by atoms with Crippen molar-refractivity contribution in [3.63, 3.8) is 0 Å². The summed E-state index contributed by atoms with van der Waals surface area (Å²) in [5.74, 6) is -0.922. The van der Waals surface area contributed by atoms with Crippen LogP contribution in [0, 0.1) is 11.8 Å². The van der Waals surface area contributed by atoms with Gasteiger partial charge in [0.05, 0.1) is 6.42 Å². The molecule has 0 aliphatic carbocycles. The van der Waals surface area contributed by atoms with Crippen LogP contribution in [0.4, 0.5) is 0 Å². The fourth-order valence-electron chi connectivity index (χ4n) is 2.82. The molecule has 102 valence electrons. The standard InChI is InChI=1S/C15H19NO3/c1-2-13-12(8-14(17)18)10-16(15(13)19)9-11-6-4-3-5-7-11/h3-7,12-13H,2,8-10H2,1H3,(H,17,18)/t12-,13+/m0/s1. The molecule has 1 aromatic carbocycles. The molecular formula is C15H19NO3. The van der Waals surface area contributed by atoms with E-state index in [2.05, 4.69) is 0 Å². The van der Waals surface area contributed by atoms with E-state index in [0.29, 0.717) is 19.5 Å². The van der Waals surface area contributed by atoms with Crippen LogP contribution in [0.15, 0.2) is 30.3 Å². The molecule has 1 heterocycles. The molecular weight excluding hydrogens is 242 g/mol. The average molecular weight is 261 g/mol. The molecule has 0 spiro atoms. The van der Waals surface area contributed by atoms with Gasteiger partial charge in [0.1, 0.15) is 0 Å². The molecule has 1 N–H and O–H groups in total. The van der Waals surface area contributed by atoms with Crippen LogP contribution in [0.3, 0.4) is 0 Å². The topological polar surface area (TPSA) is 57.6 Å². The number of hydrogen-bond acceptors (Lipinski definition) is 2. The minimum Gasteiger partial charge on any atom is -0.481 e. The van der Waals surface area contributed by atoms with Crippen LogP contribution in [-0.4, -0.2) is 28.4 Å². The summed E-state index contributed by atoms with van der Waals surface area (Å²) in [6.07, 6.45) is 0.789. The van der Waals surface area contributed by atoms with E-state index >= 15 is 0 Å². The first kappa shape index (κ1) is 13.6. The van der Waals surface area contributed by atoms with E-state index in [1.165, 1.54) is 0 Å². The van der Waals surface area contributed by atoms with E-state index in [-0.39, 0.29) is 24.2 Å². The molecule has 0 radical (unpaired) electrons. The number of hydrogen-bond donors (Lipinski definition) is 1. The number of aliphatic carboxylic acids is 1. The highest BCUT2D eigenvalue weighted by atomic mass is 16.4. The Balaban J connectivity index is 2.07. The number of likely N-dealkylation sites (tertiary alicyclic amines) is 1. The van der Waals surface area contributed by atoms with Gasteiger partial charge in [-0.05, 0) is 17.9 Å². The van der Waals surface area contributed by atoms with Crippen molar-refractivity contribution < 1.29 is 14.7 Å². The second-order valence-electron chi connectivity index (χ2n) is 5.08. The molecule has 1 amide bonds. The SMILES string of the molecule is CC[C@H]1C(=O)N(Cc2ccccc2)C[C@@H]1CC(=O)O. The smallest absolute Gasteiger partial charge is 0.303 e. The number of carbonyl (C=O) groups is 2. The predicted octanol–water partition coefficient (Wildman–Crippen LogP) is 2.15. The number of amides is 1. The van der Waals surface area contributed by atoms with E-state index < -0.39 is 5.97 Å². The molecule has 0 unspecified atom stereocenters. The Bertz CT molecular complexity index is 458. The van der Waals surface area contributed by atoms with Gasteiger partial charge in [-0.1, -0.05) is 37.3 Å². The lowest BCUT2D eigenvalue weighted by Gasteiger charge is -2.16. The Morgan fingerprint density at radius 1 is 1.37 bits per heavy atom. The van der Waals surface area contributed by atoms with Crippen molar-refractivity contribution in [1.29, 1.82) is 0 Å². The second-order valence-corrected chi connectivity index (χ2v) is 5.08. The van der Waals surface area contributed by atoms with Gasteiger partial charge in [0.2, 0.25) is 5.91 Å². The molecule has 1 aromatic rings. The van der Waals surface area contributed by atoms with Crippen LogP contribution in [0.2, 0.25) is 0 Å².